The first-order valence-corrected chi connectivity index (χ1v) is 15.3. The van der Waals surface area contributed by atoms with Crippen LogP contribution in [-0.2, 0) is 54.8 Å². The number of aromatic nitrogens is 2. The lowest BCUT2D eigenvalue weighted by Crippen LogP contribution is -2.55. The summed E-state index contributed by atoms with van der Waals surface area (Å²) in [5.74, 6) is -2.67. The fraction of sp³-hybridized carbons (Fsp3) is 0.562. The molecule has 45 heavy (non-hydrogen) atoms. The molecular formula is C32H49N7O6. The van der Waals surface area contributed by atoms with Crippen molar-refractivity contribution in [2.75, 3.05) is 52.5 Å². The van der Waals surface area contributed by atoms with E-state index >= 15 is 0 Å². The van der Waals surface area contributed by atoms with Crippen molar-refractivity contribution >= 4 is 23.8 Å². The molecule has 0 atom stereocenters. The molecule has 6 rings (SSSR count). The molecule has 0 unspecified atom stereocenters. The van der Waals surface area contributed by atoms with Crippen LogP contribution in [0.15, 0.2) is 36.4 Å². The van der Waals surface area contributed by atoms with Crippen molar-refractivity contribution < 1.29 is 28.7 Å². The van der Waals surface area contributed by atoms with Crippen LogP contribution in [0.5, 0.6) is 0 Å². The van der Waals surface area contributed by atoms with Crippen molar-refractivity contribution in [3.8, 4) is 0 Å². The van der Waals surface area contributed by atoms with E-state index in [1.54, 1.807) is 23.6 Å². The number of amides is 2. The van der Waals surface area contributed by atoms with E-state index < -0.39 is 23.8 Å². The quantitative estimate of drug-likeness (QED) is 0.328. The minimum atomic E-state index is -0.927. The second-order valence-corrected chi connectivity index (χ2v) is 10.3. The maximum Gasteiger partial charge on any atom is 0.417 e. The zero-order chi connectivity index (χ0) is 31.6. The predicted molar refractivity (Wildman–Crippen MR) is 169 cm³/mol. The monoisotopic (exact) mass is 627 g/mol. The van der Waals surface area contributed by atoms with Crippen LogP contribution < -0.4 is 16.0 Å². The molecule has 0 saturated carbocycles. The number of pyridine rings is 2. The van der Waals surface area contributed by atoms with E-state index in [0.29, 0.717) is 39.3 Å². The number of nitrogens with one attached hydrogen (secondary N) is 3. The van der Waals surface area contributed by atoms with Crippen LogP contribution >= 0.6 is 0 Å². The van der Waals surface area contributed by atoms with E-state index in [4.69, 9.17) is 0 Å². The minimum absolute atomic E-state index is 0. The molecule has 2 aromatic rings. The minimum Gasteiger partial charge on any atom is -0.458 e. The molecule has 0 radical (unpaired) electrons. The number of carbonyl (C=O) groups is 4. The Kier molecular flexibility index (Phi) is 17.3. The maximum atomic E-state index is 12.0. The average Bonchev–Trinajstić information content (AvgIpc) is 3.02. The third-order valence-corrected chi connectivity index (χ3v) is 6.88. The van der Waals surface area contributed by atoms with Gasteiger partial charge in [0.2, 0.25) is 0 Å². The van der Waals surface area contributed by atoms with Crippen LogP contribution in [0.4, 0.5) is 0 Å². The van der Waals surface area contributed by atoms with Crippen LogP contribution in [0.25, 0.3) is 0 Å². The summed E-state index contributed by atoms with van der Waals surface area (Å²) in [7, 11) is 0. The van der Waals surface area contributed by atoms with Gasteiger partial charge in [-0.2, -0.15) is 0 Å². The fourth-order valence-electron chi connectivity index (χ4n) is 4.64. The second kappa shape index (κ2) is 20.9. The van der Waals surface area contributed by atoms with Gasteiger partial charge in [-0.05, 0) is 64.0 Å². The summed E-state index contributed by atoms with van der Waals surface area (Å²) in [5, 5.41) is 10.1. The van der Waals surface area contributed by atoms with Gasteiger partial charge in [-0.3, -0.25) is 19.6 Å². The molecule has 2 aromatic heterocycles. The van der Waals surface area contributed by atoms with Gasteiger partial charge in [0.15, 0.2) is 0 Å². The molecular weight excluding hydrogens is 578 g/mol. The first-order chi connectivity index (χ1) is 21.4. The zero-order valence-corrected chi connectivity index (χ0v) is 25.8. The van der Waals surface area contributed by atoms with Crippen LogP contribution in [0.2, 0.25) is 0 Å². The van der Waals surface area contributed by atoms with Gasteiger partial charge >= 0.3 is 23.8 Å². The molecule has 4 aliphatic heterocycles. The smallest absolute Gasteiger partial charge is 0.417 e. The lowest BCUT2D eigenvalue weighted by molar-refractivity contribution is -0.167. The van der Waals surface area contributed by atoms with Gasteiger partial charge < -0.3 is 35.2 Å². The number of hydrogen-bond acceptors (Lipinski definition) is 11. The summed E-state index contributed by atoms with van der Waals surface area (Å²) in [6, 6.07) is 12.0. The summed E-state index contributed by atoms with van der Waals surface area (Å²) in [5.41, 5.74) is 4.09. The number of rotatable bonds is 2. The van der Waals surface area contributed by atoms with Crippen LogP contribution in [-0.4, -0.2) is 96.0 Å². The summed E-state index contributed by atoms with van der Waals surface area (Å²) < 4.78 is 8.69. The number of fused-ring (bicyclic) bond motifs is 7. The van der Waals surface area contributed by atoms with Crippen molar-refractivity contribution in [1.82, 2.24) is 35.7 Å². The number of carbonyl (C=O) groups excluding carboxylic acids is 4. The number of esters is 2. The molecule has 13 heteroatoms. The SMILES string of the molecule is C.CCOC(=O)C(=O)OCC.O=C1C(=O)N2CCN1CCNCc1cccc(n1)C2.c1cc2nc(c1)CNCCCCCNC2. The largest absolute Gasteiger partial charge is 0.458 e. The molecule has 6 heterocycles. The Balaban J connectivity index is 0.000000245. The van der Waals surface area contributed by atoms with Gasteiger partial charge in [-0.1, -0.05) is 26.0 Å². The Bertz CT molecular complexity index is 1180. The molecule has 6 bridgehead atoms. The van der Waals surface area contributed by atoms with Gasteiger partial charge in [0, 0.05) is 45.8 Å². The Morgan fingerprint density at radius 2 is 1.11 bits per heavy atom. The summed E-state index contributed by atoms with van der Waals surface area (Å²) >= 11 is 0. The number of ether oxygens (including phenoxy) is 2. The van der Waals surface area contributed by atoms with Crippen molar-refractivity contribution in [3.63, 3.8) is 0 Å². The molecule has 2 amide bonds. The number of piperazine rings is 1. The standard InChI is InChI=1S/C13H16N4O2.C12H19N3.C6H10O4.CH4/c18-12-13(19)17-7-6-16(12)5-4-14-8-10-2-1-3-11(9-17)15-10;1-2-7-13-9-11-5-4-6-12(15-11)10-14-8-3-1;1-3-9-5(7)6(8)10-4-2;/h1-3,14H,4-9H2;4-6,13-14H,1-3,7-10H2;3-4H2,1-2H3;1H4. The van der Waals surface area contributed by atoms with Gasteiger partial charge in [0.25, 0.3) is 0 Å². The molecule has 0 spiro atoms. The molecule has 4 aliphatic rings. The van der Waals surface area contributed by atoms with Gasteiger partial charge in [0.1, 0.15) is 0 Å². The van der Waals surface area contributed by atoms with Gasteiger partial charge in [-0.25, -0.2) is 9.59 Å². The molecule has 0 aromatic carbocycles. The number of nitrogens with zero attached hydrogens (tertiary/aromatic N) is 4. The zero-order valence-electron chi connectivity index (χ0n) is 25.8. The van der Waals surface area contributed by atoms with Crippen LogP contribution in [0.3, 0.4) is 0 Å². The Morgan fingerprint density at radius 3 is 1.64 bits per heavy atom. The topological polar surface area (TPSA) is 155 Å². The third-order valence-electron chi connectivity index (χ3n) is 6.88. The van der Waals surface area contributed by atoms with Crippen molar-refractivity contribution in [2.45, 2.75) is 66.7 Å². The predicted octanol–water partition coefficient (Wildman–Crippen LogP) is 1.55. The van der Waals surface area contributed by atoms with E-state index in [9.17, 15) is 19.2 Å². The highest BCUT2D eigenvalue weighted by molar-refractivity contribution is 6.35. The Hall–Kier alpha value is -3.94. The second-order valence-electron chi connectivity index (χ2n) is 10.3. The Labute approximate surface area is 266 Å². The average molecular weight is 628 g/mol. The first kappa shape index (κ1) is 37.2. The third kappa shape index (κ3) is 13.3. The van der Waals surface area contributed by atoms with Gasteiger partial charge in [0.05, 0.1) is 42.5 Å². The molecule has 13 nitrogen and oxygen atoms in total. The van der Waals surface area contributed by atoms with Crippen molar-refractivity contribution in [2.24, 2.45) is 0 Å². The van der Waals surface area contributed by atoms with Crippen molar-refractivity contribution in [3.05, 3.63) is 59.2 Å². The fourth-order valence-corrected chi connectivity index (χ4v) is 4.64. The van der Waals surface area contributed by atoms with Crippen molar-refractivity contribution in [1.29, 1.82) is 0 Å². The normalized spacial score (nSPS) is 16.8. The maximum absolute atomic E-state index is 12.0. The van der Waals surface area contributed by atoms with Gasteiger partial charge in [-0.15, -0.1) is 0 Å². The summed E-state index contributed by atoms with van der Waals surface area (Å²) in [6.45, 7) is 11.1. The van der Waals surface area contributed by atoms with Crippen LogP contribution in [0.1, 0.15) is 63.3 Å². The van der Waals surface area contributed by atoms with E-state index in [0.717, 1.165) is 49.0 Å². The van der Waals surface area contributed by atoms with E-state index in [1.807, 2.05) is 18.2 Å². The number of hydrogen-bond donors (Lipinski definition) is 3. The Morgan fingerprint density at radius 1 is 0.667 bits per heavy atom. The molecule has 1 fully saturated rings. The summed E-state index contributed by atoms with van der Waals surface area (Å²) in [4.78, 5) is 57.1. The lowest BCUT2D eigenvalue weighted by atomic mass is 10.2. The highest BCUT2D eigenvalue weighted by Gasteiger charge is 2.32. The summed E-state index contributed by atoms with van der Waals surface area (Å²) in [6.07, 6.45) is 3.84. The molecule has 248 valence electrons. The highest BCUT2D eigenvalue weighted by atomic mass is 16.6. The van der Waals surface area contributed by atoms with E-state index in [2.05, 4.69) is 53.6 Å². The highest BCUT2D eigenvalue weighted by Crippen LogP contribution is 2.11. The van der Waals surface area contributed by atoms with E-state index in [1.165, 1.54) is 19.3 Å². The lowest BCUT2D eigenvalue weighted by Gasteiger charge is -2.34. The molecule has 1 saturated heterocycles. The molecule has 3 N–H and O–H groups in total. The van der Waals surface area contributed by atoms with E-state index in [-0.39, 0.29) is 20.6 Å². The molecule has 0 aliphatic carbocycles. The van der Waals surface area contributed by atoms with Crippen LogP contribution in [0, 0.1) is 0 Å². The first-order valence-electron chi connectivity index (χ1n) is 15.3.